The molecule has 2 aromatic carbocycles. The Hall–Kier alpha value is -2.13. The van der Waals surface area contributed by atoms with Crippen LogP contribution in [0.5, 0.6) is 0 Å². The summed E-state index contributed by atoms with van der Waals surface area (Å²) in [6.07, 6.45) is 1.75. The van der Waals surface area contributed by atoms with Crippen LogP contribution < -0.4 is 0 Å². The van der Waals surface area contributed by atoms with E-state index < -0.39 is 0 Å². The van der Waals surface area contributed by atoms with Gasteiger partial charge in [-0.2, -0.15) is 0 Å². The fourth-order valence-electron chi connectivity index (χ4n) is 2.94. The first-order valence-electron chi connectivity index (χ1n) is 9.78. The standard InChI is InChI=1S/C21H19BrN2/c1-21(2,3)14-10-11-23-20(12-14)24-18-7-5-4-6-16(18)17-9-8-15(22)13-19(17)24/h4-13H,1-3H3/i4D,5D,6D,7D. The van der Waals surface area contributed by atoms with Crippen LogP contribution in [0.2, 0.25) is 0 Å². The maximum absolute atomic E-state index is 8.53. The Morgan fingerprint density at radius 3 is 2.58 bits per heavy atom. The van der Waals surface area contributed by atoms with E-state index in [2.05, 4.69) is 41.7 Å². The fourth-order valence-corrected chi connectivity index (χ4v) is 3.28. The predicted octanol–water partition coefficient (Wildman–Crippen LogP) is 6.24. The molecule has 0 saturated heterocycles. The molecule has 2 heterocycles. The Bertz CT molecular complexity index is 1260. The van der Waals surface area contributed by atoms with E-state index in [1.54, 1.807) is 6.20 Å². The quantitative estimate of drug-likeness (QED) is 0.381. The number of hydrogen-bond donors (Lipinski definition) is 0. The molecule has 0 N–H and O–H groups in total. The maximum atomic E-state index is 8.53. The van der Waals surface area contributed by atoms with Crippen molar-refractivity contribution in [2.24, 2.45) is 0 Å². The molecule has 2 nitrogen and oxygen atoms in total. The highest BCUT2D eigenvalue weighted by molar-refractivity contribution is 9.10. The van der Waals surface area contributed by atoms with Crippen molar-refractivity contribution in [2.75, 3.05) is 0 Å². The zero-order valence-electron chi connectivity index (χ0n) is 17.7. The van der Waals surface area contributed by atoms with Gasteiger partial charge >= 0.3 is 0 Å². The molecule has 3 heteroatoms. The lowest BCUT2D eigenvalue weighted by Crippen LogP contribution is -2.12. The Kier molecular flexibility index (Phi) is 2.60. The predicted molar refractivity (Wildman–Crippen MR) is 105 cm³/mol. The van der Waals surface area contributed by atoms with Crippen LogP contribution >= 0.6 is 15.9 Å². The summed E-state index contributed by atoms with van der Waals surface area (Å²) in [7, 11) is 0. The van der Waals surface area contributed by atoms with E-state index in [0.717, 1.165) is 20.9 Å². The summed E-state index contributed by atoms with van der Waals surface area (Å²) >= 11 is 3.51. The second kappa shape index (κ2) is 5.45. The molecule has 24 heavy (non-hydrogen) atoms. The third-order valence-corrected chi connectivity index (χ3v) is 4.70. The van der Waals surface area contributed by atoms with Crippen molar-refractivity contribution < 1.29 is 5.48 Å². The van der Waals surface area contributed by atoms with E-state index in [-0.39, 0.29) is 29.6 Å². The van der Waals surface area contributed by atoms with Crippen LogP contribution in [-0.4, -0.2) is 9.55 Å². The summed E-state index contributed by atoms with van der Waals surface area (Å²) in [5, 5.41) is 1.28. The number of hydrogen-bond acceptors (Lipinski definition) is 1. The zero-order chi connectivity index (χ0) is 20.4. The average molecular weight is 383 g/mol. The molecule has 2 aromatic heterocycles. The van der Waals surface area contributed by atoms with Gasteiger partial charge in [-0.25, -0.2) is 4.98 Å². The summed E-state index contributed by atoms with van der Waals surface area (Å²) in [5.41, 5.74) is 2.26. The summed E-state index contributed by atoms with van der Waals surface area (Å²) in [5.74, 6) is 0.635. The molecule has 0 bridgehead atoms. The van der Waals surface area contributed by atoms with Crippen LogP contribution in [0.4, 0.5) is 0 Å². The van der Waals surface area contributed by atoms with Crippen LogP contribution in [0.3, 0.4) is 0 Å². The van der Waals surface area contributed by atoms with Crippen molar-refractivity contribution in [1.29, 1.82) is 0 Å². The number of para-hydroxylation sites is 1. The third kappa shape index (κ3) is 2.44. The molecule has 0 unspecified atom stereocenters. The molecule has 0 fully saturated rings. The summed E-state index contributed by atoms with van der Waals surface area (Å²) in [6, 6.07) is 9.08. The van der Waals surface area contributed by atoms with Crippen molar-refractivity contribution in [1.82, 2.24) is 9.55 Å². The van der Waals surface area contributed by atoms with E-state index in [9.17, 15) is 0 Å². The summed E-state index contributed by atoms with van der Waals surface area (Å²) in [4.78, 5) is 4.54. The van der Waals surface area contributed by atoms with Gasteiger partial charge < -0.3 is 0 Å². The minimum Gasteiger partial charge on any atom is -0.294 e. The molecule has 0 spiro atoms. The normalized spacial score (nSPS) is 14.5. The fraction of sp³-hybridized carbons (Fsp3) is 0.190. The van der Waals surface area contributed by atoms with Gasteiger partial charge in [0.05, 0.1) is 16.5 Å². The molecule has 4 rings (SSSR count). The van der Waals surface area contributed by atoms with Crippen LogP contribution in [0.1, 0.15) is 31.8 Å². The van der Waals surface area contributed by atoms with Crippen LogP contribution in [0.25, 0.3) is 27.6 Å². The molecule has 0 aliphatic carbocycles. The second-order valence-corrected chi connectivity index (χ2v) is 7.79. The molecule has 0 aliphatic heterocycles. The van der Waals surface area contributed by atoms with Crippen molar-refractivity contribution in [2.45, 2.75) is 26.2 Å². The lowest BCUT2D eigenvalue weighted by Gasteiger charge is -2.20. The highest BCUT2D eigenvalue weighted by Gasteiger charge is 2.17. The highest BCUT2D eigenvalue weighted by Crippen LogP contribution is 2.33. The number of halogens is 1. The second-order valence-electron chi connectivity index (χ2n) is 6.87. The minimum atomic E-state index is -0.243. The van der Waals surface area contributed by atoms with Crippen molar-refractivity contribution >= 4 is 37.7 Å². The molecule has 120 valence electrons. The van der Waals surface area contributed by atoms with Gasteiger partial charge in [0.15, 0.2) is 0 Å². The largest absolute Gasteiger partial charge is 0.294 e. The number of nitrogens with zero attached hydrogens (tertiary/aromatic N) is 2. The summed E-state index contributed by atoms with van der Waals surface area (Å²) in [6.45, 7) is 6.38. The first kappa shape index (κ1) is 11.4. The van der Waals surface area contributed by atoms with Crippen LogP contribution in [0, 0.1) is 0 Å². The van der Waals surface area contributed by atoms with Gasteiger partial charge in [0.1, 0.15) is 5.82 Å². The molecule has 0 radical (unpaired) electrons. The maximum Gasteiger partial charge on any atom is 0.137 e. The topological polar surface area (TPSA) is 17.8 Å². The Labute approximate surface area is 155 Å². The molecular formula is C21H19BrN2. The summed E-state index contributed by atoms with van der Waals surface area (Å²) < 4.78 is 35.9. The molecule has 0 atom stereocenters. The minimum absolute atomic E-state index is 0.0333. The monoisotopic (exact) mass is 382 g/mol. The highest BCUT2D eigenvalue weighted by atomic mass is 79.9. The average Bonchev–Trinajstić information content (AvgIpc) is 2.98. The van der Waals surface area contributed by atoms with Crippen molar-refractivity contribution in [3.05, 3.63) is 70.7 Å². The van der Waals surface area contributed by atoms with E-state index in [1.807, 2.05) is 34.9 Å². The van der Waals surface area contributed by atoms with Crippen molar-refractivity contribution in [3.63, 3.8) is 0 Å². The van der Waals surface area contributed by atoms with Gasteiger partial charge in [0, 0.05) is 21.4 Å². The zero-order valence-corrected chi connectivity index (χ0v) is 15.3. The van der Waals surface area contributed by atoms with E-state index >= 15 is 0 Å². The van der Waals surface area contributed by atoms with Crippen LogP contribution in [-0.2, 0) is 5.41 Å². The lowest BCUT2D eigenvalue weighted by molar-refractivity contribution is 0.588. The molecule has 0 saturated carbocycles. The van der Waals surface area contributed by atoms with E-state index in [0.29, 0.717) is 16.7 Å². The first-order chi connectivity index (χ1) is 13.1. The van der Waals surface area contributed by atoms with E-state index in [4.69, 9.17) is 5.48 Å². The van der Waals surface area contributed by atoms with Gasteiger partial charge in [-0.05, 0) is 41.3 Å². The van der Waals surface area contributed by atoms with Gasteiger partial charge in [0.2, 0.25) is 0 Å². The lowest BCUT2D eigenvalue weighted by atomic mass is 9.88. The Morgan fingerprint density at radius 2 is 1.79 bits per heavy atom. The third-order valence-electron chi connectivity index (χ3n) is 4.20. The number of rotatable bonds is 1. The molecule has 0 amide bonds. The van der Waals surface area contributed by atoms with Gasteiger partial charge in [0.25, 0.3) is 0 Å². The number of pyridine rings is 1. The Balaban J connectivity index is 2.24. The first-order valence-corrected chi connectivity index (χ1v) is 8.57. The molecule has 4 aromatic rings. The SMILES string of the molecule is [2H]c1c([2H])c([2H])c2c(c1[2H])c1ccc(Br)cc1n2-c1cc(C(C)(C)C)ccn1. The molecular weight excluding hydrogens is 360 g/mol. The van der Waals surface area contributed by atoms with Gasteiger partial charge in [-0.3, -0.25) is 4.57 Å². The van der Waals surface area contributed by atoms with E-state index in [1.165, 1.54) is 0 Å². The number of benzene rings is 2. The van der Waals surface area contributed by atoms with Gasteiger partial charge in [-0.1, -0.05) is 60.9 Å². The van der Waals surface area contributed by atoms with Crippen molar-refractivity contribution in [3.8, 4) is 5.82 Å². The smallest absolute Gasteiger partial charge is 0.137 e. The van der Waals surface area contributed by atoms with Crippen LogP contribution in [0.15, 0.2) is 65.2 Å². The van der Waals surface area contributed by atoms with Gasteiger partial charge in [-0.15, -0.1) is 0 Å². The molecule has 0 aliphatic rings. The number of aromatic nitrogens is 2. The number of fused-ring (bicyclic) bond motifs is 3. The Morgan fingerprint density at radius 1 is 1.00 bits per heavy atom.